The van der Waals surface area contributed by atoms with E-state index < -0.39 is 5.41 Å². The molecule has 0 bridgehead atoms. The SMILES string of the molecule is CC(C)(Cc1cccc(Cl)c1)C(=O)NC1CCC(N)CC1. The van der Waals surface area contributed by atoms with E-state index in [1.165, 1.54) is 0 Å². The second-order valence-corrected chi connectivity index (χ2v) is 7.21. The second-order valence-electron chi connectivity index (χ2n) is 6.78. The second kappa shape index (κ2) is 6.80. The van der Waals surface area contributed by atoms with Crippen LogP contribution in [0.25, 0.3) is 0 Å². The van der Waals surface area contributed by atoms with Crippen LogP contribution in [0.5, 0.6) is 0 Å². The van der Waals surface area contributed by atoms with Gasteiger partial charge in [0.15, 0.2) is 0 Å². The molecule has 0 saturated heterocycles. The lowest BCUT2D eigenvalue weighted by Crippen LogP contribution is -2.46. The Morgan fingerprint density at radius 2 is 2.00 bits per heavy atom. The summed E-state index contributed by atoms with van der Waals surface area (Å²) in [6.45, 7) is 3.97. The van der Waals surface area contributed by atoms with Crippen LogP contribution in [-0.2, 0) is 11.2 Å². The Bertz CT molecular complexity index is 493. The molecular weight excluding hydrogens is 284 g/mol. The van der Waals surface area contributed by atoms with Gasteiger partial charge in [-0.15, -0.1) is 0 Å². The first-order valence-corrected chi connectivity index (χ1v) is 8.05. The summed E-state index contributed by atoms with van der Waals surface area (Å²) in [6.07, 6.45) is 4.66. The molecule has 21 heavy (non-hydrogen) atoms. The van der Waals surface area contributed by atoms with Gasteiger partial charge in [-0.2, -0.15) is 0 Å². The van der Waals surface area contributed by atoms with Gasteiger partial charge in [0.25, 0.3) is 0 Å². The quantitative estimate of drug-likeness (QED) is 0.896. The summed E-state index contributed by atoms with van der Waals surface area (Å²) in [5, 5.41) is 3.90. The minimum Gasteiger partial charge on any atom is -0.353 e. The lowest BCUT2D eigenvalue weighted by molar-refractivity contribution is -0.130. The molecule has 2 rings (SSSR count). The maximum absolute atomic E-state index is 12.5. The molecule has 0 spiro atoms. The molecule has 0 unspecified atom stereocenters. The molecule has 0 aliphatic heterocycles. The van der Waals surface area contributed by atoms with Crippen molar-refractivity contribution in [3.05, 3.63) is 34.9 Å². The first kappa shape index (κ1) is 16.3. The minimum absolute atomic E-state index is 0.114. The Balaban J connectivity index is 1.93. The maximum Gasteiger partial charge on any atom is 0.226 e. The van der Waals surface area contributed by atoms with Gasteiger partial charge in [-0.25, -0.2) is 0 Å². The predicted octanol–water partition coefficient (Wildman–Crippen LogP) is 3.29. The molecular formula is C17H25ClN2O. The molecule has 3 N–H and O–H groups in total. The Kier molecular flexibility index (Phi) is 5.28. The van der Waals surface area contributed by atoms with Crippen molar-refractivity contribution in [1.29, 1.82) is 0 Å². The van der Waals surface area contributed by atoms with E-state index in [9.17, 15) is 4.79 Å². The average molecular weight is 309 g/mol. The molecule has 1 aliphatic rings. The summed E-state index contributed by atoms with van der Waals surface area (Å²) >= 11 is 6.01. The predicted molar refractivity (Wildman–Crippen MR) is 87.3 cm³/mol. The summed E-state index contributed by atoms with van der Waals surface area (Å²) in [4.78, 5) is 12.5. The first-order valence-electron chi connectivity index (χ1n) is 7.68. The van der Waals surface area contributed by atoms with Crippen LogP contribution in [-0.4, -0.2) is 18.0 Å². The highest BCUT2D eigenvalue weighted by molar-refractivity contribution is 6.30. The molecule has 1 aromatic rings. The molecule has 4 heteroatoms. The van der Waals surface area contributed by atoms with Crippen LogP contribution in [0.4, 0.5) is 0 Å². The number of rotatable bonds is 4. The van der Waals surface area contributed by atoms with Crippen molar-refractivity contribution in [1.82, 2.24) is 5.32 Å². The van der Waals surface area contributed by atoms with E-state index in [2.05, 4.69) is 5.32 Å². The fourth-order valence-corrected chi connectivity index (χ4v) is 3.09. The third-order valence-corrected chi connectivity index (χ3v) is 4.49. The molecule has 1 aromatic carbocycles. The van der Waals surface area contributed by atoms with Crippen molar-refractivity contribution < 1.29 is 4.79 Å². The van der Waals surface area contributed by atoms with Crippen LogP contribution >= 0.6 is 11.6 Å². The number of nitrogens with one attached hydrogen (secondary N) is 1. The van der Waals surface area contributed by atoms with Gasteiger partial charge < -0.3 is 11.1 Å². The van der Waals surface area contributed by atoms with Gasteiger partial charge in [-0.1, -0.05) is 37.6 Å². The number of nitrogens with two attached hydrogens (primary N) is 1. The summed E-state index contributed by atoms with van der Waals surface area (Å²) in [6, 6.07) is 8.29. The molecule has 1 aliphatic carbocycles. The lowest BCUT2D eigenvalue weighted by Gasteiger charge is -2.31. The van der Waals surface area contributed by atoms with Crippen molar-refractivity contribution in [3.63, 3.8) is 0 Å². The number of benzene rings is 1. The molecule has 0 heterocycles. The number of amides is 1. The van der Waals surface area contributed by atoms with E-state index in [1.54, 1.807) is 0 Å². The standard InChI is InChI=1S/C17H25ClN2O/c1-17(2,11-12-4-3-5-13(18)10-12)16(21)20-15-8-6-14(19)7-9-15/h3-5,10,14-15H,6-9,11,19H2,1-2H3,(H,20,21). The average Bonchev–Trinajstić information content (AvgIpc) is 2.41. The number of hydrogen-bond donors (Lipinski definition) is 2. The van der Waals surface area contributed by atoms with E-state index in [0.717, 1.165) is 31.2 Å². The highest BCUT2D eigenvalue weighted by Gasteiger charge is 2.30. The third-order valence-electron chi connectivity index (χ3n) is 4.26. The van der Waals surface area contributed by atoms with Crippen molar-refractivity contribution in [3.8, 4) is 0 Å². The molecule has 1 amide bonds. The number of hydrogen-bond acceptors (Lipinski definition) is 2. The van der Waals surface area contributed by atoms with Crippen LogP contribution in [0.15, 0.2) is 24.3 Å². The topological polar surface area (TPSA) is 55.1 Å². The van der Waals surface area contributed by atoms with Crippen LogP contribution in [0.2, 0.25) is 5.02 Å². The molecule has 0 radical (unpaired) electrons. The Morgan fingerprint density at radius 3 is 2.62 bits per heavy atom. The van der Waals surface area contributed by atoms with E-state index in [4.69, 9.17) is 17.3 Å². The monoisotopic (exact) mass is 308 g/mol. The highest BCUT2D eigenvalue weighted by Crippen LogP contribution is 2.25. The van der Waals surface area contributed by atoms with Gasteiger partial charge in [0.2, 0.25) is 5.91 Å². The van der Waals surface area contributed by atoms with Crippen molar-refractivity contribution in [2.75, 3.05) is 0 Å². The van der Waals surface area contributed by atoms with Crippen LogP contribution in [0.1, 0.15) is 45.1 Å². The number of carbonyl (C=O) groups is 1. The fourth-order valence-electron chi connectivity index (χ4n) is 2.88. The van der Waals surface area contributed by atoms with Gasteiger partial charge >= 0.3 is 0 Å². The maximum atomic E-state index is 12.5. The van der Waals surface area contributed by atoms with Crippen LogP contribution in [0, 0.1) is 5.41 Å². The fraction of sp³-hybridized carbons (Fsp3) is 0.588. The Labute approximate surface area is 132 Å². The molecule has 1 fully saturated rings. The molecule has 0 atom stereocenters. The van der Waals surface area contributed by atoms with Crippen molar-refractivity contribution in [2.45, 2.75) is 58.0 Å². The summed E-state index contributed by atoms with van der Waals surface area (Å²) in [5.41, 5.74) is 6.56. The normalized spacial score (nSPS) is 22.9. The summed E-state index contributed by atoms with van der Waals surface area (Å²) in [5.74, 6) is 0.114. The Hall–Kier alpha value is -1.06. The zero-order chi connectivity index (χ0) is 15.5. The van der Waals surface area contributed by atoms with Gasteiger partial charge in [-0.05, 0) is 49.8 Å². The first-order chi connectivity index (χ1) is 9.87. The summed E-state index contributed by atoms with van der Waals surface area (Å²) in [7, 11) is 0. The van der Waals surface area contributed by atoms with Gasteiger partial charge in [0, 0.05) is 22.5 Å². The summed E-state index contributed by atoms with van der Waals surface area (Å²) < 4.78 is 0. The third kappa shape index (κ3) is 4.72. The van der Waals surface area contributed by atoms with Gasteiger partial charge in [-0.3, -0.25) is 4.79 Å². The number of carbonyl (C=O) groups excluding carboxylic acids is 1. The van der Waals surface area contributed by atoms with E-state index in [-0.39, 0.29) is 11.9 Å². The van der Waals surface area contributed by atoms with Crippen molar-refractivity contribution >= 4 is 17.5 Å². The minimum atomic E-state index is -0.440. The lowest BCUT2D eigenvalue weighted by atomic mass is 9.83. The highest BCUT2D eigenvalue weighted by atomic mass is 35.5. The Morgan fingerprint density at radius 1 is 1.33 bits per heavy atom. The van der Waals surface area contributed by atoms with Gasteiger partial charge in [0.05, 0.1) is 0 Å². The zero-order valence-corrected chi connectivity index (χ0v) is 13.6. The molecule has 116 valence electrons. The van der Waals surface area contributed by atoms with Crippen LogP contribution < -0.4 is 11.1 Å². The van der Waals surface area contributed by atoms with E-state index in [1.807, 2.05) is 38.1 Å². The molecule has 1 saturated carbocycles. The van der Waals surface area contributed by atoms with Crippen molar-refractivity contribution in [2.24, 2.45) is 11.1 Å². The molecule has 0 aromatic heterocycles. The van der Waals surface area contributed by atoms with E-state index >= 15 is 0 Å². The van der Waals surface area contributed by atoms with Crippen LogP contribution in [0.3, 0.4) is 0 Å². The smallest absolute Gasteiger partial charge is 0.226 e. The van der Waals surface area contributed by atoms with Gasteiger partial charge in [0.1, 0.15) is 0 Å². The zero-order valence-electron chi connectivity index (χ0n) is 12.9. The number of halogens is 1. The molecule has 3 nitrogen and oxygen atoms in total. The van der Waals surface area contributed by atoms with E-state index in [0.29, 0.717) is 17.5 Å². The largest absolute Gasteiger partial charge is 0.353 e.